The Bertz CT molecular complexity index is 634. The van der Waals surface area contributed by atoms with Gasteiger partial charge in [-0.15, -0.1) is 0 Å². The average molecular weight is 364 g/mol. The van der Waals surface area contributed by atoms with Crippen molar-refractivity contribution >= 4 is 32.7 Å². The summed E-state index contributed by atoms with van der Waals surface area (Å²) < 4.78 is 6.90. The molecule has 1 aliphatic rings. The average Bonchev–Trinajstić information content (AvgIpc) is 2.77. The van der Waals surface area contributed by atoms with E-state index in [0.717, 1.165) is 60.9 Å². The number of ether oxygens (including phenoxy) is 1. The molecule has 3 rings (SSSR count). The van der Waals surface area contributed by atoms with E-state index in [1.165, 1.54) is 5.69 Å². The minimum absolute atomic E-state index is 0.403. The maximum Gasteiger partial charge on any atom is 0.112 e. The van der Waals surface area contributed by atoms with Gasteiger partial charge in [0.2, 0.25) is 0 Å². The van der Waals surface area contributed by atoms with Gasteiger partial charge in [-0.3, -0.25) is 9.97 Å². The molecule has 0 saturated carbocycles. The molecule has 22 heavy (non-hydrogen) atoms. The van der Waals surface area contributed by atoms with E-state index in [1.54, 1.807) is 0 Å². The largest absolute Gasteiger partial charge is 0.378 e. The van der Waals surface area contributed by atoms with Crippen molar-refractivity contribution in [1.29, 1.82) is 0 Å². The Morgan fingerprint density at radius 2 is 2.23 bits per heavy atom. The molecular weight excluding hydrogens is 342 g/mol. The van der Waals surface area contributed by atoms with Gasteiger partial charge in [-0.25, -0.2) is 0 Å². The van der Waals surface area contributed by atoms with E-state index < -0.39 is 0 Å². The number of hydrogen-bond donors (Lipinski definition) is 0. The fourth-order valence-electron chi connectivity index (χ4n) is 3.00. The fraction of sp³-hybridized carbons (Fsp3) is 0.529. The lowest BCUT2D eigenvalue weighted by molar-refractivity contribution is 0.0461. The molecule has 5 heteroatoms. The first-order valence-corrected chi connectivity index (χ1v) is 8.84. The van der Waals surface area contributed by atoms with Crippen LogP contribution in [0, 0.1) is 0 Å². The monoisotopic (exact) mass is 363 g/mol. The first kappa shape index (κ1) is 15.7. The molecule has 1 aliphatic heterocycles. The summed E-state index contributed by atoms with van der Waals surface area (Å²) in [7, 11) is 0. The maximum absolute atomic E-state index is 5.94. The molecule has 2 aromatic rings. The molecule has 3 heterocycles. The molecule has 1 saturated heterocycles. The quantitative estimate of drug-likeness (QED) is 0.816. The van der Waals surface area contributed by atoms with Crippen molar-refractivity contribution in [2.24, 2.45) is 0 Å². The number of halogens is 1. The Labute approximate surface area is 140 Å². The summed E-state index contributed by atoms with van der Waals surface area (Å²) in [5.74, 6) is 0. The first-order chi connectivity index (χ1) is 10.8. The third-order valence-corrected chi connectivity index (χ3v) is 4.53. The molecule has 0 N–H and O–H groups in total. The van der Waals surface area contributed by atoms with E-state index >= 15 is 0 Å². The molecule has 0 bridgehead atoms. The third-order valence-electron chi connectivity index (χ3n) is 4.10. The molecule has 1 fully saturated rings. The van der Waals surface area contributed by atoms with Crippen LogP contribution in [-0.2, 0) is 4.74 Å². The standard InChI is InChI=1S/C17H22BrN3O/c1-2-10-22-14-4-3-8-21(9-6-14)16-5-7-19-15-11-13(18)12-20-17(15)16/h5,7,11-12,14H,2-4,6,8-10H2,1H3. The summed E-state index contributed by atoms with van der Waals surface area (Å²) in [5.41, 5.74) is 3.11. The lowest BCUT2D eigenvalue weighted by Gasteiger charge is -2.23. The van der Waals surface area contributed by atoms with Gasteiger partial charge >= 0.3 is 0 Å². The van der Waals surface area contributed by atoms with Crippen molar-refractivity contribution in [2.75, 3.05) is 24.6 Å². The van der Waals surface area contributed by atoms with Crippen LogP contribution < -0.4 is 4.90 Å². The molecule has 118 valence electrons. The van der Waals surface area contributed by atoms with Crippen LogP contribution in [0.5, 0.6) is 0 Å². The molecular formula is C17H22BrN3O. The van der Waals surface area contributed by atoms with E-state index in [-0.39, 0.29) is 0 Å². The summed E-state index contributed by atoms with van der Waals surface area (Å²) in [5, 5.41) is 0. The Morgan fingerprint density at radius 3 is 3.09 bits per heavy atom. The van der Waals surface area contributed by atoms with Crippen molar-refractivity contribution in [3.05, 3.63) is 29.0 Å². The molecule has 0 amide bonds. The predicted octanol–water partition coefficient (Wildman–Crippen LogP) is 4.18. The topological polar surface area (TPSA) is 38.2 Å². The van der Waals surface area contributed by atoms with Gasteiger partial charge < -0.3 is 9.64 Å². The highest BCUT2D eigenvalue weighted by Gasteiger charge is 2.19. The molecule has 1 unspecified atom stereocenters. The Hall–Kier alpha value is -1.20. The number of fused-ring (bicyclic) bond motifs is 1. The first-order valence-electron chi connectivity index (χ1n) is 8.04. The van der Waals surface area contributed by atoms with E-state index in [9.17, 15) is 0 Å². The normalized spacial score (nSPS) is 19.4. The van der Waals surface area contributed by atoms with Crippen LogP contribution in [0.15, 0.2) is 29.0 Å². The highest BCUT2D eigenvalue weighted by Crippen LogP contribution is 2.27. The number of anilines is 1. The van der Waals surface area contributed by atoms with Gasteiger partial charge in [0.05, 0.1) is 17.3 Å². The fourth-order valence-corrected chi connectivity index (χ4v) is 3.32. The van der Waals surface area contributed by atoms with Crippen molar-refractivity contribution in [3.63, 3.8) is 0 Å². The second-order valence-electron chi connectivity index (χ2n) is 5.76. The van der Waals surface area contributed by atoms with Gasteiger partial charge in [0.15, 0.2) is 0 Å². The van der Waals surface area contributed by atoms with Gasteiger partial charge in [-0.1, -0.05) is 6.92 Å². The lowest BCUT2D eigenvalue weighted by atomic mass is 10.1. The van der Waals surface area contributed by atoms with Gasteiger partial charge in [0, 0.05) is 36.6 Å². The lowest BCUT2D eigenvalue weighted by Crippen LogP contribution is -2.25. The minimum atomic E-state index is 0.403. The number of nitrogens with zero attached hydrogens (tertiary/aromatic N) is 3. The summed E-state index contributed by atoms with van der Waals surface area (Å²) >= 11 is 3.46. The zero-order valence-electron chi connectivity index (χ0n) is 13.0. The Balaban J connectivity index is 1.79. The number of rotatable bonds is 4. The zero-order chi connectivity index (χ0) is 15.4. The highest BCUT2D eigenvalue weighted by molar-refractivity contribution is 9.10. The van der Waals surface area contributed by atoms with E-state index in [0.29, 0.717) is 6.10 Å². The minimum Gasteiger partial charge on any atom is -0.378 e. The second-order valence-corrected chi connectivity index (χ2v) is 6.68. The highest BCUT2D eigenvalue weighted by atomic mass is 79.9. The predicted molar refractivity (Wildman–Crippen MR) is 93.3 cm³/mol. The van der Waals surface area contributed by atoms with Crippen molar-refractivity contribution in [3.8, 4) is 0 Å². The van der Waals surface area contributed by atoms with Crippen LogP contribution in [0.2, 0.25) is 0 Å². The molecule has 0 aromatic carbocycles. The maximum atomic E-state index is 5.94. The van der Waals surface area contributed by atoms with Crippen LogP contribution in [0.3, 0.4) is 0 Å². The van der Waals surface area contributed by atoms with Gasteiger partial charge in [0.25, 0.3) is 0 Å². The van der Waals surface area contributed by atoms with Crippen molar-refractivity contribution < 1.29 is 4.74 Å². The van der Waals surface area contributed by atoms with E-state index in [1.807, 2.05) is 18.5 Å². The van der Waals surface area contributed by atoms with Crippen molar-refractivity contribution in [1.82, 2.24) is 9.97 Å². The van der Waals surface area contributed by atoms with Crippen LogP contribution >= 0.6 is 15.9 Å². The summed E-state index contributed by atoms with van der Waals surface area (Å²) in [6, 6.07) is 4.10. The summed E-state index contributed by atoms with van der Waals surface area (Å²) in [6.07, 6.45) is 8.61. The Morgan fingerprint density at radius 1 is 1.32 bits per heavy atom. The van der Waals surface area contributed by atoms with Gasteiger partial charge in [-0.05, 0) is 53.7 Å². The Kier molecular flexibility index (Phi) is 5.26. The van der Waals surface area contributed by atoms with E-state index in [4.69, 9.17) is 4.74 Å². The number of hydrogen-bond acceptors (Lipinski definition) is 4. The van der Waals surface area contributed by atoms with E-state index in [2.05, 4.69) is 43.8 Å². The SMILES string of the molecule is CCCOC1CCCN(c2ccnc3cc(Br)cnc23)CC1. The summed E-state index contributed by atoms with van der Waals surface area (Å²) in [6.45, 7) is 5.11. The number of aromatic nitrogens is 2. The number of pyridine rings is 2. The molecule has 0 spiro atoms. The smallest absolute Gasteiger partial charge is 0.112 e. The van der Waals surface area contributed by atoms with Crippen LogP contribution in [0.25, 0.3) is 11.0 Å². The molecule has 2 aromatic heterocycles. The molecule has 0 radical (unpaired) electrons. The molecule has 4 nitrogen and oxygen atoms in total. The third kappa shape index (κ3) is 3.58. The van der Waals surface area contributed by atoms with Gasteiger partial charge in [0.1, 0.15) is 5.52 Å². The zero-order valence-corrected chi connectivity index (χ0v) is 14.6. The van der Waals surface area contributed by atoms with Crippen LogP contribution in [0.1, 0.15) is 32.6 Å². The summed E-state index contributed by atoms with van der Waals surface area (Å²) in [4.78, 5) is 11.4. The second kappa shape index (κ2) is 7.38. The van der Waals surface area contributed by atoms with Crippen molar-refractivity contribution in [2.45, 2.75) is 38.7 Å². The van der Waals surface area contributed by atoms with Gasteiger partial charge in [-0.2, -0.15) is 0 Å². The molecule has 1 atom stereocenters. The van der Waals surface area contributed by atoms with Crippen LogP contribution in [0.4, 0.5) is 5.69 Å². The molecule has 0 aliphatic carbocycles. The van der Waals surface area contributed by atoms with Crippen LogP contribution in [-0.4, -0.2) is 35.8 Å².